The van der Waals surface area contributed by atoms with Crippen molar-refractivity contribution in [2.45, 2.75) is 26.3 Å². The van der Waals surface area contributed by atoms with Crippen LogP contribution in [-0.4, -0.2) is 9.55 Å². The van der Waals surface area contributed by atoms with Gasteiger partial charge in [0, 0.05) is 12.2 Å². The van der Waals surface area contributed by atoms with E-state index in [2.05, 4.69) is 11.9 Å². The Hall–Kier alpha value is -3.40. The number of hydrogen-bond donors (Lipinski definition) is 2. The molecule has 0 atom stereocenters. The minimum atomic E-state index is -0.216. The van der Waals surface area contributed by atoms with Gasteiger partial charge in [0.1, 0.15) is 5.49 Å². The lowest BCUT2D eigenvalue weighted by Gasteiger charge is -2.16. The molecule has 2 aromatic carbocycles. The largest absolute Gasteiger partial charge is 0.326 e. The number of pyridine rings is 2. The van der Waals surface area contributed by atoms with Crippen molar-refractivity contribution in [3.63, 3.8) is 0 Å². The van der Waals surface area contributed by atoms with E-state index in [0.29, 0.717) is 5.39 Å². The topological polar surface area (TPSA) is 61.6 Å². The first kappa shape index (κ1) is 18.0. The van der Waals surface area contributed by atoms with Crippen LogP contribution in [0.1, 0.15) is 19.8 Å². The van der Waals surface area contributed by atoms with Gasteiger partial charge in [0.15, 0.2) is 0 Å². The van der Waals surface area contributed by atoms with Gasteiger partial charge < -0.3 is 9.55 Å². The summed E-state index contributed by atoms with van der Waals surface area (Å²) in [7, 11) is 0. The molecular formula is C24H23N3O. The Morgan fingerprint density at radius 2 is 1.57 bits per heavy atom. The molecule has 4 aromatic rings. The van der Waals surface area contributed by atoms with E-state index in [1.807, 2.05) is 77.4 Å². The summed E-state index contributed by atoms with van der Waals surface area (Å²) in [5.74, 6) is 0. The summed E-state index contributed by atoms with van der Waals surface area (Å²) < 4.78 is 1.96. The van der Waals surface area contributed by atoms with Crippen LogP contribution >= 0.6 is 0 Å². The molecule has 0 bridgehead atoms. The van der Waals surface area contributed by atoms with Gasteiger partial charge in [-0.15, -0.1) is 0 Å². The first-order valence-electron chi connectivity index (χ1n) is 9.65. The summed E-state index contributed by atoms with van der Waals surface area (Å²) >= 11 is 0. The average Bonchev–Trinajstić information content (AvgIpc) is 2.73. The molecule has 0 saturated carbocycles. The van der Waals surface area contributed by atoms with Crippen molar-refractivity contribution in [1.29, 1.82) is 5.41 Å². The molecule has 2 heterocycles. The maximum atomic E-state index is 12.9. The molecule has 0 spiro atoms. The zero-order chi connectivity index (χ0) is 19.5. The van der Waals surface area contributed by atoms with Crippen molar-refractivity contribution in [3.8, 4) is 22.5 Å². The Balaban J connectivity index is 2.01. The van der Waals surface area contributed by atoms with Gasteiger partial charge >= 0.3 is 0 Å². The number of aromatic nitrogens is 2. The van der Waals surface area contributed by atoms with E-state index >= 15 is 0 Å². The molecule has 140 valence electrons. The van der Waals surface area contributed by atoms with Gasteiger partial charge in [0.25, 0.3) is 5.56 Å². The second-order valence-corrected chi connectivity index (χ2v) is 6.96. The molecule has 2 N–H and O–H groups in total. The first-order chi connectivity index (χ1) is 13.7. The number of H-pyrrole nitrogens is 1. The Labute approximate surface area is 163 Å². The lowest BCUT2D eigenvalue weighted by atomic mass is 10.0. The van der Waals surface area contributed by atoms with Gasteiger partial charge in [0.05, 0.1) is 11.1 Å². The SMILES string of the molecule is CCCCn1c(-c2ccccc2)cc2cc(-c3ccccc3)[nH]c(=O)c2c1=N. The van der Waals surface area contributed by atoms with Crippen molar-refractivity contribution >= 4 is 10.8 Å². The molecule has 2 aromatic heterocycles. The number of rotatable bonds is 5. The van der Waals surface area contributed by atoms with Crippen LogP contribution in [0.3, 0.4) is 0 Å². The van der Waals surface area contributed by atoms with Crippen molar-refractivity contribution in [2.24, 2.45) is 0 Å². The van der Waals surface area contributed by atoms with Crippen LogP contribution in [0.25, 0.3) is 33.3 Å². The van der Waals surface area contributed by atoms with Crippen LogP contribution in [-0.2, 0) is 6.54 Å². The van der Waals surface area contributed by atoms with Gasteiger partial charge in [-0.1, -0.05) is 74.0 Å². The zero-order valence-electron chi connectivity index (χ0n) is 15.9. The molecule has 0 amide bonds. The van der Waals surface area contributed by atoms with Crippen LogP contribution < -0.4 is 11.0 Å². The number of benzene rings is 2. The Kier molecular flexibility index (Phi) is 4.94. The van der Waals surface area contributed by atoms with Crippen LogP contribution in [0.15, 0.2) is 77.6 Å². The normalized spacial score (nSPS) is 11.0. The van der Waals surface area contributed by atoms with E-state index < -0.39 is 0 Å². The highest BCUT2D eigenvalue weighted by Gasteiger charge is 2.13. The summed E-state index contributed by atoms with van der Waals surface area (Å²) in [6, 6.07) is 23.9. The molecular weight excluding hydrogens is 346 g/mol. The molecule has 0 radical (unpaired) electrons. The summed E-state index contributed by atoms with van der Waals surface area (Å²) in [4.78, 5) is 15.8. The van der Waals surface area contributed by atoms with Crippen molar-refractivity contribution in [1.82, 2.24) is 9.55 Å². The number of aromatic amines is 1. The predicted octanol–water partition coefficient (Wildman–Crippen LogP) is 4.94. The van der Waals surface area contributed by atoms with Gasteiger partial charge in [-0.25, -0.2) is 0 Å². The lowest BCUT2D eigenvalue weighted by molar-refractivity contribution is 0.611. The fourth-order valence-electron chi connectivity index (χ4n) is 3.59. The summed E-state index contributed by atoms with van der Waals surface area (Å²) in [5.41, 5.74) is 3.79. The van der Waals surface area contributed by atoms with Crippen molar-refractivity contribution < 1.29 is 0 Å². The van der Waals surface area contributed by atoms with Gasteiger partial charge in [-0.2, -0.15) is 0 Å². The maximum absolute atomic E-state index is 12.9. The second-order valence-electron chi connectivity index (χ2n) is 6.96. The molecule has 4 rings (SSSR count). The quantitative estimate of drug-likeness (QED) is 0.514. The van der Waals surface area contributed by atoms with Crippen molar-refractivity contribution in [3.05, 3.63) is 88.6 Å². The Morgan fingerprint density at radius 1 is 0.929 bits per heavy atom. The summed E-state index contributed by atoms with van der Waals surface area (Å²) in [6.45, 7) is 2.85. The molecule has 0 saturated heterocycles. The Morgan fingerprint density at radius 3 is 2.21 bits per heavy atom. The van der Waals surface area contributed by atoms with Crippen LogP contribution in [0.4, 0.5) is 0 Å². The number of nitrogens with one attached hydrogen (secondary N) is 2. The third-order valence-electron chi connectivity index (χ3n) is 5.04. The van der Waals surface area contributed by atoms with Crippen LogP contribution in [0.5, 0.6) is 0 Å². The minimum Gasteiger partial charge on any atom is -0.326 e. The number of fused-ring (bicyclic) bond motifs is 1. The third-order valence-corrected chi connectivity index (χ3v) is 5.04. The Bertz CT molecular complexity index is 1220. The minimum absolute atomic E-state index is 0.216. The standard InChI is InChI=1S/C24H23N3O/c1-2-3-14-27-21(18-12-8-5-9-13-18)16-19-15-20(17-10-6-4-7-11-17)26-24(28)22(19)23(27)25/h4-13,15-16,25H,2-3,14H2,1H3,(H,26,28). The highest BCUT2D eigenvalue weighted by atomic mass is 16.1. The van der Waals surface area contributed by atoms with Gasteiger partial charge in [-0.3, -0.25) is 10.2 Å². The van der Waals surface area contributed by atoms with E-state index in [9.17, 15) is 4.79 Å². The number of hydrogen-bond acceptors (Lipinski definition) is 2. The molecule has 4 nitrogen and oxygen atoms in total. The summed E-state index contributed by atoms with van der Waals surface area (Å²) in [6.07, 6.45) is 1.99. The molecule has 28 heavy (non-hydrogen) atoms. The van der Waals surface area contributed by atoms with E-state index in [-0.39, 0.29) is 11.0 Å². The third kappa shape index (κ3) is 3.29. The van der Waals surface area contributed by atoms with Gasteiger partial charge in [-0.05, 0) is 35.1 Å². The lowest BCUT2D eigenvalue weighted by Crippen LogP contribution is -2.27. The maximum Gasteiger partial charge on any atom is 0.260 e. The predicted molar refractivity (Wildman–Crippen MR) is 114 cm³/mol. The fourth-order valence-corrected chi connectivity index (χ4v) is 3.59. The van der Waals surface area contributed by atoms with Crippen LogP contribution in [0, 0.1) is 5.41 Å². The monoisotopic (exact) mass is 369 g/mol. The molecule has 0 aliphatic carbocycles. The zero-order valence-corrected chi connectivity index (χ0v) is 15.9. The average molecular weight is 369 g/mol. The first-order valence-corrected chi connectivity index (χ1v) is 9.65. The number of nitrogens with zero attached hydrogens (tertiary/aromatic N) is 1. The molecule has 0 aliphatic heterocycles. The van der Waals surface area contributed by atoms with Crippen LogP contribution in [0.2, 0.25) is 0 Å². The highest BCUT2D eigenvalue weighted by Crippen LogP contribution is 2.24. The molecule has 0 fully saturated rings. The molecule has 0 aliphatic rings. The smallest absolute Gasteiger partial charge is 0.260 e. The van der Waals surface area contributed by atoms with Gasteiger partial charge in [0.2, 0.25) is 0 Å². The highest BCUT2D eigenvalue weighted by molar-refractivity contribution is 5.87. The number of unbranched alkanes of at least 4 members (excludes halogenated alkanes) is 1. The van der Waals surface area contributed by atoms with E-state index in [0.717, 1.165) is 47.3 Å². The van der Waals surface area contributed by atoms with E-state index in [1.165, 1.54) is 0 Å². The second kappa shape index (κ2) is 7.69. The molecule has 4 heteroatoms. The van der Waals surface area contributed by atoms with E-state index in [1.54, 1.807) is 0 Å². The summed E-state index contributed by atoms with van der Waals surface area (Å²) in [5, 5.41) is 10.00. The van der Waals surface area contributed by atoms with E-state index in [4.69, 9.17) is 5.41 Å². The fraction of sp³-hybridized carbons (Fsp3) is 0.167. The van der Waals surface area contributed by atoms with Crippen molar-refractivity contribution in [2.75, 3.05) is 0 Å². The molecule has 0 unspecified atom stereocenters.